The van der Waals surface area contributed by atoms with E-state index in [1.807, 2.05) is 60.7 Å². The monoisotopic (exact) mass is 253 g/mol. The van der Waals surface area contributed by atoms with Crippen LogP contribution in [-0.2, 0) is 0 Å². The summed E-state index contributed by atoms with van der Waals surface area (Å²) in [5.74, 6) is 0.816. The quantitative estimate of drug-likeness (QED) is 0.514. The molecule has 2 aromatic rings. The highest BCUT2D eigenvalue weighted by atomic mass is 16.5. The fourth-order valence-electron chi connectivity index (χ4n) is 1.69. The molecule has 0 aliphatic carbocycles. The van der Waals surface area contributed by atoms with Crippen LogP contribution in [0.4, 0.5) is 0 Å². The standard InChI is InChI=1S/C16H15NO2/c1-19-15-10-7-13(8-11-15)9-12-16(17-18)14-5-3-2-4-6-14/h2-12,18H,1H3/b12-9+,17-16-. The average molecular weight is 253 g/mol. The molecule has 0 aliphatic heterocycles. The molecule has 1 N–H and O–H groups in total. The molecule has 0 aliphatic rings. The van der Waals surface area contributed by atoms with Gasteiger partial charge in [-0.1, -0.05) is 53.7 Å². The van der Waals surface area contributed by atoms with Gasteiger partial charge in [0, 0.05) is 5.56 Å². The highest BCUT2D eigenvalue weighted by Gasteiger charge is 1.98. The maximum atomic E-state index is 9.06. The Kier molecular flexibility index (Phi) is 4.34. The van der Waals surface area contributed by atoms with Gasteiger partial charge >= 0.3 is 0 Å². The van der Waals surface area contributed by atoms with Crippen molar-refractivity contribution in [2.75, 3.05) is 7.11 Å². The van der Waals surface area contributed by atoms with E-state index in [0.29, 0.717) is 5.71 Å². The average Bonchev–Trinajstić information content (AvgIpc) is 2.49. The number of allylic oxidation sites excluding steroid dienone is 1. The van der Waals surface area contributed by atoms with Gasteiger partial charge in [0.1, 0.15) is 11.5 Å². The molecule has 0 bridgehead atoms. The van der Waals surface area contributed by atoms with Crippen molar-refractivity contribution in [3.05, 3.63) is 71.8 Å². The maximum absolute atomic E-state index is 9.06. The summed E-state index contributed by atoms with van der Waals surface area (Å²) < 4.78 is 5.10. The predicted octanol–water partition coefficient (Wildman–Crippen LogP) is 3.59. The number of rotatable bonds is 4. The van der Waals surface area contributed by atoms with Gasteiger partial charge in [-0.25, -0.2) is 0 Å². The normalized spacial score (nSPS) is 11.7. The lowest BCUT2D eigenvalue weighted by molar-refractivity contribution is 0.320. The second-order valence-corrected chi connectivity index (χ2v) is 3.96. The van der Waals surface area contributed by atoms with Crippen LogP contribution in [0.2, 0.25) is 0 Å². The summed E-state index contributed by atoms with van der Waals surface area (Å²) in [7, 11) is 1.64. The Bertz CT molecular complexity index is 571. The van der Waals surface area contributed by atoms with Gasteiger partial charge in [0.05, 0.1) is 7.11 Å². The molecular formula is C16H15NO2. The van der Waals surface area contributed by atoms with E-state index in [-0.39, 0.29) is 0 Å². The zero-order valence-corrected chi connectivity index (χ0v) is 10.7. The molecule has 0 saturated heterocycles. The third kappa shape index (κ3) is 3.45. The van der Waals surface area contributed by atoms with Crippen LogP contribution in [-0.4, -0.2) is 18.0 Å². The van der Waals surface area contributed by atoms with Crippen molar-refractivity contribution >= 4 is 11.8 Å². The Morgan fingerprint density at radius 2 is 1.74 bits per heavy atom. The van der Waals surface area contributed by atoms with Crippen LogP contribution in [0.1, 0.15) is 11.1 Å². The molecule has 19 heavy (non-hydrogen) atoms. The molecule has 0 atom stereocenters. The minimum absolute atomic E-state index is 0.524. The SMILES string of the molecule is COc1ccc(/C=C/C(=N/O)c2ccccc2)cc1. The number of hydrogen-bond acceptors (Lipinski definition) is 3. The van der Waals surface area contributed by atoms with Crippen molar-refractivity contribution in [2.24, 2.45) is 5.16 Å². The minimum atomic E-state index is 0.524. The maximum Gasteiger partial charge on any atom is 0.118 e. The van der Waals surface area contributed by atoms with E-state index in [9.17, 15) is 0 Å². The van der Waals surface area contributed by atoms with Gasteiger partial charge in [-0.15, -0.1) is 0 Å². The second-order valence-electron chi connectivity index (χ2n) is 3.96. The smallest absolute Gasteiger partial charge is 0.118 e. The molecule has 0 spiro atoms. The Morgan fingerprint density at radius 1 is 1.05 bits per heavy atom. The van der Waals surface area contributed by atoms with Crippen LogP contribution >= 0.6 is 0 Å². The molecule has 0 amide bonds. The molecule has 3 heteroatoms. The highest BCUT2D eigenvalue weighted by molar-refractivity contribution is 6.10. The van der Waals surface area contributed by atoms with Gasteiger partial charge in [0.25, 0.3) is 0 Å². The van der Waals surface area contributed by atoms with E-state index in [1.54, 1.807) is 13.2 Å². The molecule has 0 unspecified atom stereocenters. The molecule has 0 radical (unpaired) electrons. The van der Waals surface area contributed by atoms with Gasteiger partial charge in [0.15, 0.2) is 0 Å². The summed E-state index contributed by atoms with van der Waals surface area (Å²) in [5, 5.41) is 12.4. The molecule has 0 fully saturated rings. The number of oxime groups is 1. The highest BCUT2D eigenvalue weighted by Crippen LogP contribution is 2.13. The van der Waals surface area contributed by atoms with E-state index in [4.69, 9.17) is 9.94 Å². The molecule has 0 aromatic heterocycles. The van der Waals surface area contributed by atoms with Crippen LogP contribution in [0.5, 0.6) is 5.75 Å². The summed E-state index contributed by atoms with van der Waals surface area (Å²) in [5.41, 5.74) is 2.41. The van der Waals surface area contributed by atoms with Gasteiger partial charge in [-0.2, -0.15) is 0 Å². The second kappa shape index (κ2) is 6.40. The van der Waals surface area contributed by atoms with Gasteiger partial charge in [-0.05, 0) is 23.8 Å². The summed E-state index contributed by atoms with van der Waals surface area (Å²) in [6.07, 6.45) is 3.67. The predicted molar refractivity (Wildman–Crippen MR) is 76.8 cm³/mol. The molecule has 2 aromatic carbocycles. The number of benzene rings is 2. The molecule has 3 nitrogen and oxygen atoms in total. The summed E-state index contributed by atoms with van der Waals surface area (Å²) in [6, 6.07) is 17.2. The van der Waals surface area contributed by atoms with Crippen molar-refractivity contribution in [2.45, 2.75) is 0 Å². The van der Waals surface area contributed by atoms with E-state index in [0.717, 1.165) is 16.9 Å². The largest absolute Gasteiger partial charge is 0.497 e. The Hall–Kier alpha value is -2.55. The molecule has 0 heterocycles. The first-order valence-electron chi connectivity index (χ1n) is 5.93. The van der Waals surface area contributed by atoms with E-state index in [2.05, 4.69) is 5.16 Å². The first-order chi connectivity index (χ1) is 9.33. The third-order valence-electron chi connectivity index (χ3n) is 2.73. The number of hydrogen-bond donors (Lipinski definition) is 1. The van der Waals surface area contributed by atoms with E-state index < -0.39 is 0 Å². The lowest BCUT2D eigenvalue weighted by Crippen LogP contribution is -1.95. The van der Waals surface area contributed by atoms with E-state index in [1.165, 1.54) is 0 Å². The molecular weight excluding hydrogens is 238 g/mol. The van der Waals surface area contributed by atoms with Crippen molar-refractivity contribution in [1.82, 2.24) is 0 Å². The number of nitrogens with zero attached hydrogens (tertiary/aromatic N) is 1. The van der Waals surface area contributed by atoms with Gasteiger partial charge in [-0.3, -0.25) is 0 Å². The molecule has 2 rings (SSSR count). The molecule has 96 valence electrons. The zero-order chi connectivity index (χ0) is 13.5. The topological polar surface area (TPSA) is 41.8 Å². The van der Waals surface area contributed by atoms with Crippen LogP contribution in [0.3, 0.4) is 0 Å². The first-order valence-corrected chi connectivity index (χ1v) is 5.93. The summed E-state index contributed by atoms with van der Waals surface area (Å²) >= 11 is 0. The van der Waals surface area contributed by atoms with Crippen LogP contribution in [0.25, 0.3) is 6.08 Å². The molecule has 0 saturated carbocycles. The van der Waals surface area contributed by atoms with Gasteiger partial charge in [0.2, 0.25) is 0 Å². The Balaban J connectivity index is 2.16. The van der Waals surface area contributed by atoms with E-state index >= 15 is 0 Å². The van der Waals surface area contributed by atoms with Crippen molar-refractivity contribution in [1.29, 1.82) is 0 Å². The zero-order valence-electron chi connectivity index (χ0n) is 10.7. The summed E-state index contributed by atoms with van der Waals surface area (Å²) in [6.45, 7) is 0. The van der Waals surface area contributed by atoms with Crippen LogP contribution in [0.15, 0.2) is 65.8 Å². The fraction of sp³-hybridized carbons (Fsp3) is 0.0625. The van der Waals surface area contributed by atoms with Crippen molar-refractivity contribution in [3.63, 3.8) is 0 Å². The minimum Gasteiger partial charge on any atom is -0.497 e. The number of ether oxygens (including phenoxy) is 1. The lowest BCUT2D eigenvalue weighted by atomic mass is 10.1. The third-order valence-corrected chi connectivity index (χ3v) is 2.73. The number of methoxy groups -OCH3 is 1. The fourth-order valence-corrected chi connectivity index (χ4v) is 1.69. The Labute approximate surface area is 112 Å². The van der Waals surface area contributed by atoms with Crippen LogP contribution < -0.4 is 4.74 Å². The first kappa shape index (κ1) is 12.9. The Morgan fingerprint density at radius 3 is 2.32 bits per heavy atom. The van der Waals surface area contributed by atoms with Crippen molar-refractivity contribution in [3.8, 4) is 5.75 Å². The van der Waals surface area contributed by atoms with Gasteiger partial charge < -0.3 is 9.94 Å². The van der Waals surface area contributed by atoms with Crippen LogP contribution in [0, 0.1) is 0 Å². The lowest BCUT2D eigenvalue weighted by Gasteiger charge is -2.00. The summed E-state index contributed by atoms with van der Waals surface area (Å²) in [4.78, 5) is 0. The van der Waals surface area contributed by atoms with Crippen molar-refractivity contribution < 1.29 is 9.94 Å².